The Kier molecular flexibility index (Phi) is 26.7. The Labute approximate surface area is 683 Å². The number of hydrogen-bond donors (Lipinski definition) is 0. The fourth-order valence-corrected chi connectivity index (χ4v) is 14.3. The quantitative estimate of drug-likeness (QED) is 0.135. The van der Waals surface area contributed by atoms with Crippen LogP contribution in [0.4, 0.5) is 0 Å². The van der Waals surface area contributed by atoms with Gasteiger partial charge in [0.05, 0.1) is 0 Å². The molecule has 0 aliphatic carbocycles. The molecule has 0 N–H and O–H groups in total. The average molecular weight is 1540 g/mol. The van der Waals surface area contributed by atoms with Crippen molar-refractivity contribution in [2.45, 2.75) is 194 Å². The zero-order valence-electron chi connectivity index (χ0n) is 72.0. The standard InChI is InChI=1S/C22H21N2O.2C19H23N2O.2C17H19N2O.5CH4/c1-14-10-15(2)16(3)18(11-14)20-12-19-21(13-24(20)4)25-22(23-19)17-8-6-5-7-9-17;2*1-11(2)19-20-16-9-17(21(6)10-18(16)22-19)15-8-12(3)7-13(4)14(15)5;2*1-10-6-11(2)12(3)14(7-10)16-8-15-17(9-19(16)5)20-13(4)18-15;;;;;/h5-13H,1-4H3;2*7-11H,1-6H3;2*6-9H,1-5H3;5*1H4/q5*+1;;;;;/i;1D3,11D;;;;;;;;. The highest BCUT2D eigenvalue weighted by atomic mass is 16.4. The minimum absolute atomic E-state index is 0. The largest absolute Gasteiger partial charge is 0.435 e. The Balaban J connectivity index is 0.000000202. The maximum Gasteiger partial charge on any atom is 0.227 e. The summed E-state index contributed by atoms with van der Waals surface area (Å²) in [6, 6.07) is 42.5. The molecule has 0 amide bonds. The van der Waals surface area contributed by atoms with Crippen molar-refractivity contribution < 1.29 is 50.4 Å². The maximum absolute atomic E-state index is 8.19. The number of aromatic nitrogens is 10. The van der Waals surface area contributed by atoms with Crippen LogP contribution in [0.25, 0.3) is 123 Å². The molecule has 0 bridgehead atoms. The van der Waals surface area contributed by atoms with Gasteiger partial charge in [0, 0.05) is 94.9 Å². The molecule has 10 aromatic heterocycles. The number of hydrogen-bond acceptors (Lipinski definition) is 10. The summed E-state index contributed by atoms with van der Waals surface area (Å²) in [6.07, 6.45) is 9.83. The number of oxazole rings is 5. The van der Waals surface area contributed by atoms with E-state index in [-0.39, 0.29) is 43.0 Å². The van der Waals surface area contributed by atoms with Crippen molar-refractivity contribution in [3.8, 4) is 67.7 Å². The Hall–Kier alpha value is -11.6. The molecule has 0 saturated heterocycles. The summed E-state index contributed by atoms with van der Waals surface area (Å²) in [7, 11) is 10.1. The van der Waals surface area contributed by atoms with Crippen LogP contribution in [-0.2, 0) is 35.2 Å². The highest BCUT2D eigenvalue weighted by molar-refractivity contribution is 5.82. The van der Waals surface area contributed by atoms with Gasteiger partial charge in [0.15, 0.2) is 23.6 Å². The molecule has 15 nitrogen and oxygen atoms in total. The van der Waals surface area contributed by atoms with Crippen LogP contribution in [0.2, 0.25) is 0 Å². The lowest BCUT2D eigenvalue weighted by Gasteiger charge is -2.08. The molecule has 10 heterocycles. The third kappa shape index (κ3) is 19.0. The van der Waals surface area contributed by atoms with E-state index in [9.17, 15) is 0 Å². The molecule has 6 aromatic carbocycles. The molecule has 0 fully saturated rings. The van der Waals surface area contributed by atoms with Gasteiger partial charge in [0.25, 0.3) is 0 Å². The summed E-state index contributed by atoms with van der Waals surface area (Å²) in [5, 5.41) is 0. The Bertz CT molecular complexity index is 6210. The first-order valence-electron chi connectivity index (χ1n) is 39.1. The van der Waals surface area contributed by atoms with E-state index in [0.717, 1.165) is 84.2 Å². The third-order valence-electron chi connectivity index (χ3n) is 20.7. The zero-order valence-corrected chi connectivity index (χ0v) is 68.0. The second kappa shape index (κ2) is 36.5. The monoisotopic (exact) mass is 1540 g/mol. The summed E-state index contributed by atoms with van der Waals surface area (Å²) in [5.41, 5.74) is 39.8. The molecule has 15 heteroatoms. The lowest BCUT2D eigenvalue weighted by molar-refractivity contribution is -0.659. The van der Waals surface area contributed by atoms with Crippen LogP contribution in [0.5, 0.6) is 0 Å². The van der Waals surface area contributed by atoms with Gasteiger partial charge in [-0.3, -0.25) is 0 Å². The van der Waals surface area contributed by atoms with Crippen LogP contribution in [-0.4, -0.2) is 24.9 Å². The van der Waals surface area contributed by atoms with Crippen LogP contribution >= 0.6 is 0 Å². The summed E-state index contributed by atoms with van der Waals surface area (Å²) >= 11 is 0. The molecule has 1 unspecified atom stereocenters. The van der Waals surface area contributed by atoms with E-state index in [4.69, 9.17) is 32.6 Å². The van der Waals surface area contributed by atoms with Gasteiger partial charge in [0.1, 0.15) is 62.8 Å². The van der Waals surface area contributed by atoms with Crippen LogP contribution in [0, 0.1) is 118 Å². The number of rotatable bonds is 8. The Morgan fingerprint density at radius 3 is 0.851 bits per heavy atom. The van der Waals surface area contributed by atoms with Crippen molar-refractivity contribution in [1.82, 2.24) is 24.9 Å². The Morgan fingerprint density at radius 2 is 0.561 bits per heavy atom. The van der Waals surface area contributed by atoms with Gasteiger partial charge in [-0.25, -0.2) is 24.9 Å². The van der Waals surface area contributed by atoms with E-state index in [2.05, 4.69) is 255 Å². The molecular weight excluding hydrogens is 1410 g/mol. The fourth-order valence-electron chi connectivity index (χ4n) is 14.3. The van der Waals surface area contributed by atoms with Gasteiger partial charge < -0.3 is 22.1 Å². The minimum Gasteiger partial charge on any atom is -0.435 e. The van der Waals surface area contributed by atoms with Gasteiger partial charge >= 0.3 is 0 Å². The van der Waals surface area contributed by atoms with E-state index in [1.54, 1.807) is 6.20 Å². The first kappa shape index (κ1) is 83.4. The van der Waals surface area contributed by atoms with Crippen molar-refractivity contribution in [1.29, 1.82) is 0 Å². The number of benzene rings is 6. The predicted octanol–water partition coefficient (Wildman–Crippen LogP) is 23.9. The number of aryl methyl sites for hydroxylation is 17. The lowest BCUT2D eigenvalue weighted by atomic mass is 9.97. The van der Waals surface area contributed by atoms with Crippen molar-refractivity contribution in [2.24, 2.45) is 35.2 Å². The van der Waals surface area contributed by atoms with Crippen LogP contribution in [0.15, 0.2) is 174 Å². The van der Waals surface area contributed by atoms with Gasteiger partial charge in [0.2, 0.25) is 93.3 Å². The summed E-state index contributed by atoms with van der Waals surface area (Å²) < 4.78 is 69.9. The molecule has 114 heavy (non-hydrogen) atoms. The predicted molar refractivity (Wildman–Crippen MR) is 471 cm³/mol. The number of fused-ring (bicyclic) bond motifs is 5. The number of nitrogens with zero attached hydrogens (tertiary/aromatic N) is 10. The maximum atomic E-state index is 8.19. The molecular formula is C99H125N10O5+5. The van der Waals surface area contributed by atoms with Gasteiger partial charge in [-0.15, -0.1) is 0 Å². The normalized spacial score (nSPS) is 12.0. The fraction of sp³-hybridized carbons (Fsp3) is 0.333. The lowest BCUT2D eigenvalue weighted by Crippen LogP contribution is -2.30. The van der Waals surface area contributed by atoms with Gasteiger partial charge in [-0.2, -0.15) is 22.8 Å². The second-order valence-electron chi connectivity index (χ2n) is 30.1. The molecule has 0 saturated carbocycles. The van der Waals surface area contributed by atoms with E-state index >= 15 is 0 Å². The molecule has 0 spiro atoms. The van der Waals surface area contributed by atoms with Crippen molar-refractivity contribution in [3.63, 3.8) is 0 Å². The van der Waals surface area contributed by atoms with E-state index < -0.39 is 12.7 Å². The van der Waals surface area contributed by atoms with Crippen LogP contribution < -0.4 is 22.8 Å². The Morgan fingerprint density at radius 1 is 0.307 bits per heavy atom. The van der Waals surface area contributed by atoms with E-state index in [1.165, 1.54) is 118 Å². The van der Waals surface area contributed by atoms with Crippen molar-refractivity contribution in [3.05, 3.63) is 259 Å². The molecule has 1 atom stereocenters. The SMILES string of the molecule is C.C.C.C.C.Cc1cc(C)c(C)c(-c2cc3nc(-c4ccccc4)oc3c[n+]2C)c1.Cc1cc(C)c(C)c(-c2cc3nc(C(C)C)oc3c[n+]2C)c1.Cc1cc(C)c(C)c(-c2cc3nc(C)oc3c[n+]2C)c1.Cc1cc(C)c(C)c(-c2cc3nc(C)oc3c[n+]2C)c1.[2H]C([2H])([2H])C([2H])(C)c1nc2cc(-c3cc(C)cc(C)c3C)[n+](C)cc2o1. The molecule has 16 rings (SSSR count). The highest BCUT2D eigenvalue weighted by Gasteiger charge is 2.26. The van der Waals surface area contributed by atoms with Crippen LogP contribution in [0.1, 0.15) is 189 Å². The zero-order chi connectivity index (χ0) is 81.9. The summed E-state index contributed by atoms with van der Waals surface area (Å²) in [6.45, 7) is 38.8. The van der Waals surface area contributed by atoms with Crippen molar-refractivity contribution in [2.75, 3.05) is 0 Å². The van der Waals surface area contributed by atoms with E-state index in [1.807, 2.05) is 101 Å². The molecule has 16 aromatic rings. The minimum atomic E-state index is -2.52. The first-order chi connectivity index (χ1) is 53.2. The van der Waals surface area contributed by atoms with Crippen LogP contribution in [0.3, 0.4) is 0 Å². The second-order valence-corrected chi connectivity index (χ2v) is 30.1. The molecule has 596 valence electrons. The molecule has 0 aliphatic heterocycles. The number of pyridine rings is 5. The van der Waals surface area contributed by atoms with Gasteiger partial charge in [-0.1, -0.05) is 141 Å². The third-order valence-corrected chi connectivity index (χ3v) is 20.7. The van der Waals surface area contributed by atoms with Crippen molar-refractivity contribution >= 4 is 55.5 Å². The summed E-state index contributed by atoms with van der Waals surface area (Å²) in [4.78, 5) is 22.5. The first-order valence-corrected chi connectivity index (χ1v) is 37.1. The average Bonchev–Trinajstić information content (AvgIpc) is 1.65. The highest BCUT2D eigenvalue weighted by Crippen LogP contribution is 2.35. The van der Waals surface area contributed by atoms with E-state index in [0.29, 0.717) is 34.7 Å². The molecule has 0 radical (unpaired) electrons. The van der Waals surface area contributed by atoms with Gasteiger partial charge in [-0.05, 0) is 202 Å². The molecule has 0 aliphatic rings. The topological polar surface area (TPSA) is 150 Å². The summed E-state index contributed by atoms with van der Waals surface area (Å²) in [5.74, 6) is 1.16. The smallest absolute Gasteiger partial charge is 0.227 e.